The SMILES string of the molecule is CCNC(=NCC(c1ccccc1)N1CCCC1)NCCS(=O)(=O)NCC1CCC1. The molecule has 1 aliphatic carbocycles. The van der Waals surface area contributed by atoms with Crippen molar-refractivity contribution in [1.29, 1.82) is 0 Å². The van der Waals surface area contributed by atoms with Crippen molar-refractivity contribution in [2.45, 2.75) is 45.1 Å². The Labute approximate surface area is 181 Å². The molecule has 168 valence electrons. The molecule has 2 aliphatic rings. The first-order valence-electron chi connectivity index (χ1n) is 11.4. The van der Waals surface area contributed by atoms with Gasteiger partial charge in [0.1, 0.15) is 0 Å². The van der Waals surface area contributed by atoms with Crippen LogP contribution in [0.4, 0.5) is 0 Å². The van der Waals surface area contributed by atoms with Gasteiger partial charge in [-0.25, -0.2) is 13.1 Å². The maximum atomic E-state index is 12.2. The van der Waals surface area contributed by atoms with Crippen LogP contribution in [0.25, 0.3) is 0 Å². The van der Waals surface area contributed by atoms with Crippen LogP contribution in [0.3, 0.4) is 0 Å². The molecular formula is C22H37N5O2S. The van der Waals surface area contributed by atoms with Gasteiger partial charge < -0.3 is 10.6 Å². The van der Waals surface area contributed by atoms with Crippen molar-refractivity contribution < 1.29 is 8.42 Å². The zero-order valence-corrected chi connectivity index (χ0v) is 19.0. The molecular weight excluding hydrogens is 398 g/mol. The maximum Gasteiger partial charge on any atom is 0.213 e. The number of likely N-dealkylation sites (tertiary alicyclic amines) is 1. The van der Waals surface area contributed by atoms with E-state index in [1.807, 2.05) is 13.0 Å². The quantitative estimate of drug-likeness (QED) is 0.366. The zero-order chi connectivity index (χ0) is 21.2. The molecule has 1 heterocycles. The number of guanidine groups is 1. The minimum atomic E-state index is -3.25. The molecule has 3 N–H and O–H groups in total. The summed E-state index contributed by atoms with van der Waals surface area (Å²) in [6.45, 7) is 6.51. The molecule has 1 aliphatic heterocycles. The van der Waals surface area contributed by atoms with Gasteiger partial charge in [0.05, 0.1) is 18.3 Å². The lowest BCUT2D eigenvalue weighted by molar-refractivity contribution is 0.251. The van der Waals surface area contributed by atoms with Crippen LogP contribution in [0, 0.1) is 5.92 Å². The highest BCUT2D eigenvalue weighted by Crippen LogP contribution is 2.26. The minimum absolute atomic E-state index is 0.0539. The van der Waals surface area contributed by atoms with Crippen molar-refractivity contribution in [1.82, 2.24) is 20.3 Å². The number of hydrogen-bond acceptors (Lipinski definition) is 4. The number of benzene rings is 1. The number of nitrogens with one attached hydrogen (secondary N) is 3. The summed E-state index contributed by atoms with van der Waals surface area (Å²) in [5, 5.41) is 6.43. The monoisotopic (exact) mass is 435 g/mol. The van der Waals surface area contributed by atoms with Gasteiger partial charge in [0.15, 0.2) is 5.96 Å². The Balaban J connectivity index is 1.54. The standard InChI is InChI=1S/C22H37N5O2S/c1-2-23-22(24-13-16-30(28,29)26-17-19-9-8-10-19)25-18-21(27-14-6-7-15-27)20-11-4-3-5-12-20/h3-5,11-12,19,21,26H,2,6-10,13-18H2,1H3,(H2,23,24,25). The Kier molecular flexibility index (Phi) is 8.96. The van der Waals surface area contributed by atoms with Gasteiger partial charge in [0.25, 0.3) is 0 Å². The number of hydrogen-bond donors (Lipinski definition) is 3. The molecule has 30 heavy (non-hydrogen) atoms. The number of aliphatic imine (C=N–C) groups is 1. The molecule has 1 aromatic rings. The lowest BCUT2D eigenvalue weighted by atomic mass is 9.86. The zero-order valence-electron chi connectivity index (χ0n) is 18.1. The van der Waals surface area contributed by atoms with Crippen molar-refractivity contribution >= 4 is 16.0 Å². The lowest BCUT2D eigenvalue weighted by Crippen LogP contribution is -2.42. The molecule has 0 radical (unpaired) electrons. The van der Waals surface area contributed by atoms with Crippen LogP contribution in [-0.2, 0) is 10.0 Å². The van der Waals surface area contributed by atoms with Gasteiger partial charge in [-0.05, 0) is 57.2 Å². The molecule has 8 heteroatoms. The summed E-state index contributed by atoms with van der Waals surface area (Å²) < 4.78 is 27.2. The molecule has 1 unspecified atom stereocenters. The van der Waals surface area contributed by atoms with Crippen molar-refractivity contribution in [2.24, 2.45) is 10.9 Å². The fraction of sp³-hybridized carbons (Fsp3) is 0.682. The molecule has 1 saturated carbocycles. The summed E-state index contributed by atoms with van der Waals surface area (Å²) in [7, 11) is -3.25. The predicted octanol–water partition coefficient (Wildman–Crippen LogP) is 2.10. The van der Waals surface area contributed by atoms with Crippen LogP contribution in [-0.4, -0.2) is 64.3 Å². The van der Waals surface area contributed by atoms with Gasteiger partial charge in [-0.2, -0.15) is 0 Å². The smallest absolute Gasteiger partial charge is 0.213 e. The lowest BCUT2D eigenvalue weighted by Gasteiger charge is -2.27. The maximum absolute atomic E-state index is 12.2. The Hall–Kier alpha value is -1.64. The van der Waals surface area contributed by atoms with E-state index < -0.39 is 10.0 Å². The summed E-state index contributed by atoms with van der Waals surface area (Å²) >= 11 is 0. The molecule has 7 nitrogen and oxygen atoms in total. The predicted molar refractivity (Wildman–Crippen MR) is 123 cm³/mol. The molecule has 3 rings (SSSR count). The van der Waals surface area contributed by atoms with E-state index in [0.717, 1.165) is 32.5 Å². The van der Waals surface area contributed by atoms with Crippen LogP contribution in [0.5, 0.6) is 0 Å². The van der Waals surface area contributed by atoms with E-state index in [2.05, 4.69) is 44.5 Å². The summed E-state index contributed by atoms with van der Waals surface area (Å²) in [5.74, 6) is 1.25. The highest BCUT2D eigenvalue weighted by atomic mass is 32.2. The highest BCUT2D eigenvalue weighted by molar-refractivity contribution is 7.89. The molecule has 0 spiro atoms. The van der Waals surface area contributed by atoms with Crippen molar-refractivity contribution in [2.75, 3.05) is 45.0 Å². The molecule has 0 aromatic heterocycles. The normalized spacial score (nSPS) is 19.4. The van der Waals surface area contributed by atoms with Gasteiger partial charge in [0.2, 0.25) is 10.0 Å². The molecule has 1 saturated heterocycles. The van der Waals surface area contributed by atoms with E-state index in [1.165, 1.54) is 24.8 Å². The first-order chi connectivity index (χ1) is 14.6. The van der Waals surface area contributed by atoms with Crippen molar-refractivity contribution in [3.05, 3.63) is 35.9 Å². The van der Waals surface area contributed by atoms with Gasteiger partial charge in [-0.3, -0.25) is 9.89 Å². The Morgan fingerprint density at radius 3 is 2.50 bits per heavy atom. The van der Waals surface area contributed by atoms with Crippen LogP contribution < -0.4 is 15.4 Å². The molecule has 1 atom stereocenters. The summed E-state index contributed by atoms with van der Waals surface area (Å²) in [4.78, 5) is 7.29. The van der Waals surface area contributed by atoms with E-state index in [4.69, 9.17) is 4.99 Å². The van der Waals surface area contributed by atoms with Crippen molar-refractivity contribution in [3.8, 4) is 0 Å². The minimum Gasteiger partial charge on any atom is -0.357 e. The van der Waals surface area contributed by atoms with Crippen LogP contribution >= 0.6 is 0 Å². The summed E-state index contributed by atoms with van der Waals surface area (Å²) in [5.41, 5.74) is 1.28. The largest absolute Gasteiger partial charge is 0.357 e. The van der Waals surface area contributed by atoms with E-state index >= 15 is 0 Å². The van der Waals surface area contributed by atoms with E-state index in [1.54, 1.807) is 0 Å². The average molecular weight is 436 g/mol. The number of rotatable bonds is 11. The summed E-state index contributed by atoms with van der Waals surface area (Å²) in [6, 6.07) is 10.8. The second-order valence-electron chi connectivity index (χ2n) is 8.28. The Morgan fingerprint density at radius 2 is 1.87 bits per heavy atom. The van der Waals surface area contributed by atoms with Crippen molar-refractivity contribution in [3.63, 3.8) is 0 Å². The van der Waals surface area contributed by atoms with Gasteiger partial charge >= 0.3 is 0 Å². The first-order valence-corrected chi connectivity index (χ1v) is 13.0. The third-order valence-electron chi connectivity index (χ3n) is 6.01. The van der Waals surface area contributed by atoms with E-state index in [9.17, 15) is 8.42 Å². The third-order valence-corrected chi connectivity index (χ3v) is 7.36. The summed E-state index contributed by atoms with van der Waals surface area (Å²) in [6.07, 6.45) is 5.96. The Bertz CT molecular complexity index is 759. The Morgan fingerprint density at radius 1 is 1.13 bits per heavy atom. The third kappa shape index (κ3) is 7.25. The van der Waals surface area contributed by atoms with E-state index in [0.29, 0.717) is 31.5 Å². The highest BCUT2D eigenvalue weighted by Gasteiger charge is 2.23. The number of nitrogens with zero attached hydrogens (tertiary/aromatic N) is 2. The van der Waals surface area contributed by atoms with Gasteiger partial charge in [-0.1, -0.05) is 36.8 Å². The molecule has 2 fully saturated rings. The second-order valence-corrected chi connectivity index (χ2v) is 10.2. The fourth-order valence-corrected chi connectivity index (χ4v) is 5.00. The van der Waals surface area contributed by atoms with Gasteiger partial charge in [-0.15, -0.1) is 0 Å². The van der Waals surface area contributed by atoms with E-state index in [-0.39, 0.29) is 11.8 Å². The topological polar surface area (TPSA) is 85.8 Å². The molecule has 0 amide bonds. The average Bonchev–Trinajstić information content (AvgIpc) is 3.22. The first kappa shape index (κ1) is 23.0. The van der Waals surface area contributed by atoms with Gasteiger partial charge in [0, 0.05) is 19.6 Å². The van der Waals surface area contributed by atoms with Crippen LogP contribution in [0.15, 0.2) is 35.3 Å². The molecule has 0 bridgehead atoms. The van der Waals surface area contributed by atoms with Crippen LogP contribution in [0.2, 0.25) is 0 Å². The number of sulfonamides is 1. The second kappa shape index (κ2) is 11.7. The van der Waals surface area contributed by atoms with Crippen LogP contribution in [0.1, 0.15) is 50.6 Å². The molecule has 1 aromatic carbocycles. The fourth-order valence-electron chi connectivity index (χ4n) is 4.00.